The summed E-state index contributed by atoms with van der Waals surface area (Å²) in [6.07, 6.45) is 3.28. The molecule has 3 nitrogen and oxygen atoms in total. The molecule has 0 unspecified atom stereocenters. The lowest BCUT2D eigenvalue weighted by Crippen LogP contribution is -1.89. The minimum Gasteiger partial charge on any atom is -0.507 e. The molecule has 0 radical (unpaired) electrons. The molecular weight excluding hydrogens is 202 g/mol. The van der Waals surface area contributed by atoms with E-state index in [1.807, 2.05) is 31.2 Å². The number of benzene rings is 1. The summed E-state index contributed by atoms with van der Waals surface area (Å²) in [5, 5.41) is 9.54. The molecule has 0 fully saturated rings. The quantitative estimate of drug-likeness (QED) is 0.799. The van der Waals surface area contributed by atoms with Gasteiger partial charge in [0.1, 0.15) is 17.6 Å². The Balaban J connectivity index is 2.13. The fourth-order valence-electron chi connectivity index (χ4n) is 1.39. The Morgan fingerprint density at radius 1 is 1.25 bits per heavy atom. The first-order chi connectivity index (χ1) is 7.77. The molecule has 0 spiro atoms. The minimum atomic E-state index is -0.0467. The van der Waals surface area contributed by atoms with Gasteiger partial charge in [0.25, 0.3) is 0 Å². The summed E-state index contributed by atoms with van der Waals surface area (Å²) in [7, 11) is 0. The van der Waals surface area contributed by atoms with Crippen LogP contribution in [0.4, 0.5) is 0 Å². The Hall–Kier alpha value is -2.03. The third kappa shape index (κ3) is 2.31. The van der Waals surface area contributed by atoms with E-state index in [-0.39, 0.29) is 11.8 Å². The summed E-state index contributed by atoms with van der Waals surface area (Å²) in [6.45, 7) is 1.94. The fourth-order valence-corrected chi connectivity index (χ4v) is 1.39. The summed E-state index contributed by atoms with van der Waals surface area (Å²) in [5.41, 5.74) is 0.709. The van der Waals surface area contributed by atoms with E-state index >= 15 is 0 Å². The van der Waals surface area contributed by atoms with Crippen LogP contribution in [0.15, 0.2) is 52.1 Å². The topological polar surface area (TPSA) is 45.7 Å². The number of nitrogens with zero attached hydrogens (tertiary/aromatic N) is 1. The number of phenols is 1. The van der Waals surface area contributed by atoms with Crippen LogP contribution in [-0.4, -0.2) is 11.3 Å². The molecule has 2 rings (SSSR count). The number of hydrogen-bond acceptors (Lipinski definition) is 3. The van der Waals surface area contributed by atoms with Gasteiger partial charge < -0.3 is 9.52 Å². The zero-order chi connectivity index (χ0) is 11.4. The van der Waals surface area contributed by atoms with Crippen molar-refractivity contribution in [3.8, 4) is 5.75 Å². The minimum absolute atomic E-state index is 0.0467. The van der Waals surface area contributed by atoms with Crippen LogP contribution in [0.3, 0.4) is 0 Å². The Kier molecular flexibility index (Phi) is 3.05. The van der Waals surface area contributed by atoms with Crippen LogP contribution >= 0.6 is 0 Å². The molecule has 16 heavy (non-hydrogen) atoms. The van der Waals surface area contributed by atoms with E-state index in [9.17, 15) is 5.11 Å². The van der Waals surface area contributed by atoms with Crippen LogP contribution in [-0.2, 0) is 0 Å². The van der Waals surface area contributed by atoms with Crippen molar-refractivity contribution in [3.05, 3.63) is 54.0 Å². The Morgan fingerprint density at radius 3 is 2.75 bits per heavy atom. The third-order valence-electron chi connectivity index (χ3n) is 2.33. The highest BCUT2D eigenvalue weighted by Crippen LogP contribution is 2.18. The monoisotopic (exact) mass is 215 g/mol. The van der Waals surface area contributed by atoms with E-state index < -0.39 is 0 Å². The van der Waals surface area contributed by atoms with E-state index in [1.54, 1.807) is 24.6 Å². The molecule has 1 aromatic carbocycles. The Bertz CT molecular complexity index is 474. The molecule has 82 valence electrons. The Labute approximate surface area is 94.1 Å². The molecule has 1 atom stereocenters. The van der Waals surface area contributed by atoms with Gasteiger partial charge in [-0.15, -0.1) is 0 Å². The van der Waals surface area contributed by atoms with Gasteiger partial charge in [-0.1, -0.05) is 12.1 Å². The predicted molar refractivity (Wildman–Crippen MR) is 62.8 cm³/mol. The van der Waals surface area contributed by atoms with Crippen molar-refractivity contribution in [3.63, 3.8) is 0 Å². The first-order valence-corrected chi connectivity index (χ1v) is 5.12. The van der Waals surface area contributed by atoms with Crippen LogP contribution < -0.4 is 0 Å². The molecule has 0 saturated carbocycles. The molecule has 1 aromatic heterocycles. The smallest absolute Gasteiger partial charge is 0.127 e. The van der Waals surface area contributed by atoms with Crippen molar-refractivity contribution in [2.45, 2.75) is 13.0 Å². The number of aromatic hydroxyl groups is 1. The van der Waals surface area contributed by atoms with Crippen LogP contribution in [0.2, 0.25) is 0 Å². The van der Waals surface area contributed by atoms with Gasteiger partial charge in [-0.05, 0) is 31.2 Å². The average Bonchev–Trinajstić information content (AvgIpc) is 2.81. The van der Waals surface area contributed by atoms with Crippen LogP contribution in [0.25, 0.3) is 0 Å². The molecule has 0 aliphatic carbocycles. The average molecular weight is 215 g/mol. The molecule has 0 aliphatic rings. The molecule has 1 heterocycles. The maximum atomic E-state index is 9.54. The van der Waals surface area contributed by atoms with E-state index in [0.717, 1.165) is 5.76 Å². The molecular formula is C13H13NO2. The first kappa shape index (κ1) is 10.5. The maximum Gasteiger partial charge on any atom is 0.127 e. The standard InChI is InChI=1S/C13H13NO2/c1-10(13-7-4-8-16-13)14-9-11-5-2-3-6-12(11)15/h2-10,15H,1H3/t10-/m1/s1. The second-order valence-electron chi connectivity index (χ2n) is 3.53. The summed E-state index contributed by atoms with van der Waals surface area (Å²) < 4.78 is 5.24. The largest absolute Gasteiger partial charge is 0.507 e. The van der Waals surface area contributed by atoms with Crippen molar-refractivity contribution in [2.24, 2.45) is 4.99 Å². The lowest BCUT2D eigenvalue weighted by atomic mass is 10.2. The first-order valence-electron chi connectivity index (χ1n) is 5.12. The molecule has 0 saturated heterocycles. The van der Waals surface area contributed by atoms with Gasteiger partial charge in [0.15, 0.2) is 0 Å². The zero-order valence-corrected chi connectivity index (χ0v) is 9.00. The van der Waals surface area contributed by atoms with Crippen LogP contribution in [0, 0.1) is 0 Å². The summed E-state index contributed by atoms with van der Waals surface area (Å²) >= 11 is 0. The highest BCUT2D eigenvalue weighted by atomic mass is 16.3. The molecule has 1 N–H and O–H groups in total. The van der Waals surface area contributed by atoms with Crippen molar-refractivity contribution in [1.82, 2.24) is 0 Å². The molecule has 2 aromatic rings. The van der Waals surface area contributed by atoms with Gasteiger partial charge >= 0.3 is 0 Å². The number of rotatable bonds is 3. The Morgan fingerprint density at radius 2 is 2.06 bits per heavy atom. The van der Waals surface area contributed by atoms with E-state index in [0.29, 0.717) is 5.56 Å². The molecule has 0 bridgehead atoms. The number of hydrogen-bond donors (Lipinski definition) is 1. The number of phenolic OH excluding ortho intramolecular Hbond substituents is 1. The molecule has 0 aliphatic heterocycles. The van der Waals surface area contributed by atoms with E-state index in [2.05, 4.69) is 4.99 Å². The normalized spacial score (nSPS) is 13.1. The highest BCUT2D eigenvalue weighted by Gasteiger charge is 2.04. The van der Waals surface area contributed by atoms with Gasteiger partial charge in [0, 0.05) is 11.8 Å². The predicted octanol–water partition coefficient (Wildman–Crippen LogP) is 3.17. The van der Waals surface area contributed by atoms with Gasteiger partial charge in [-0.2, -0.15) is 0 Å². The second kappa shape index (κ2) is 4.66. The van der Waals surface area contributed by atoms with Crippen molar-refractivity contribution in [1.29, 1.82) is 0 Å². The lowest BCUT2D eigenvalue weighted by Gasteiger charge is -2.02. The van der Waals surface area contributed by atoms with Crippen LogP contribution in [0.5, 0.6) is 5.75 Å². The van der Waals surface area contributed by atoms with E-state index in [4.69, 9.17) is 4.42 Å². The maximum absolute atomic E-state index is 9.54. The van der Waals surface area contributed by atoms with Gasteiger partial charge in [-0.3, -0.25) is 4.99 Å². The lowest BCUT2D eigenvalue weighted by molar-refractivity contribution is 0.473. The van der Waals surface area contributed by atoms with Crippen molar-refractivity contribution >= 4 is 6.21 Å². The summed E-state index contributed by atoms with van der Waals surface area (Å²) in [6, 6.07) is 10.8. The highest BCUT2D eigenvalue weighted by molar-refractivity contribution is 5.83. The van der Waals surface area contributed by atoms with Crippen molar-refractivity contribution < 1.29 is 9.52 Å². The zero-order valence-electron chi connectivity index (χ0n) is 9.00. The summed E-state index contributed by atoms with van der Waals surface area (Å²) in [4.78, 5) is 4.32. The SMILES string of the molecule is C[C@@H](N=Cc1ccccc1O)c1ccco1. The number of aliphatic imine (C=N–C) groups is 1. The number of para-hydroxylation sites is 1. The molecule has 3 heteroatoms. The second-order valence-corrected chi connectivity index (χ2v) is 3.53. The molecule has 0 amide bonds. The van der Waals surface area contributed by atoms with Gasteiger partial charge in [0.2, 0.25) is 0 Å². The number of furan rings is 1. The van der Waals surface area contributed by atoms with Gasteiger partial charge in [0.05, 0.1) is 6.26 Å². The fraction of sp³-hybridized carbons (Fsp3) is 0.154. The van der Waals surface area contributed by atoms with Crippen molar-refractivity contribution in [2.75, 3.05) is 0 Å². The summed E-state index contributed by atoms with van der Waals surface area (Å²) in [5.74, 6) is 1.05. The van der Waals surface area contributed by atoms with Crippen LogP contribution in [0.1, 0.15) is 24.3 Å². The van der Waals surface area contributed by atoms with E-state index in [1.165, 1.54) is 0 Å². The third-order valence-corrected chi connectivity index (χ3v) is 2.33. The van der Waals surface area contributed by atoms with Gasteiger partial charge in [-0.25, -0.2) is 0 Å².